The fraction of sp³-hybridized carbons (Fsp3) is 0.360. The molecule has 2 unspecified atom stereocenters. The van der Waals surface area contributed by atoms with Gasteiger partial charge in [-0.3, -0.25) is 0 Å². The van der Waals surface area contributed by atoms with Crippen LogP contribution >= 0.6 is 0 Å². The zero-order chi connectivity index (χ0) is 22.2. The first kappa shape index (κ1) is 20.3. The molecule has 0 bridgehead atoms. The SMILES string of the molecule is OC1N=C(OCC2COc3ncccc3O2)C=C2c3ccc(C4=CCOCC4)cc3CCN21. The van der Waals surface area contributed by atoms with E-state index in [-0.39, 0.29) is 12.7 Å². The number of ether oxygens (including phenoxy) is 4. The van der Waals surface area contributed by atoms with Crippen LogP contribution in [0.5, 0.6) is 11.6 Å². The van der Waals surface area contributed by atoms with E-state index < -0.39 is 6.35 Å². The highest BCUT2D eigenvalue weighted by molar-refractivity contribution is 5.97. The fourth-order valence-corrected chi connectivity index (χ4v) is 4.59. The third-order valence-electron chi connectivity index (χ3n) is 6.28. The second-order valence-electron chi connectivity index (χ2n) is 8.38. The molecular weight excluding hydrogens is 422 g/mol. The summed E-state index contributed by atoms with van der Waals surface area (Å²) >= 11 is 0. The fourth-order valence-electron chi connectivity index (χ4n) is 4.59. The van der Waals surface area contributed by atoms with E-state index in [0.29, 0.717) is 37.3 Å². The molecule has 0 fully saturated rings. The Morgan fingerprint density at radius 1 is 1.21 bits per heavy atom. The van der Waals surface area contributed by atoms with Crippen molar-refractivity contribution in [3.63, 3.8) is 0 Å². The summed E-state index contributed by atoms with van der Waals surface area (Å²) in [4.78, 5) is 10.4. The van der Waals surface area contributed by atoms with Crippen molar-refractivity contribution in [2.45, 2.75) is 25.3 Å². The minimum atomic E-state index is -0.973. The molecule has 6 rings (SSSR count). The predicted octanol–water partition coefficient (Wildman–Crippen LogP) is 2.63. The van der Waals surface area contributed by atoms with Crippen molar-refractivity contribution >= 4 is 17.2 Å². The molecule has 8 heteroatoms. The summed E-state index contributed by atoms with van der Waals surface area (Å²) in [6, 6.07) is 10.2. The van der Waals surface area contributed by atoms with Crippen molar-refractivity contribution in [3.8, 4) is 11.6 Å². The lowest BCUT2D eigenvalue weighted by atomic mass is 9.91. The van der Waals surface area contributed by atoms with Crippen LogP contribution in [0.4, 0.5) is 0 Å². The monoisotopic (exact) mass is 447 g/mol. The molecule has 0 amide bonds. The average Bonchev–Trinajstić information content (AvgIpc) is 2.87. The minimum Gasteiger partial charge on any atom is -0.478 e. The zero-order valence-electron chi connectivity index (χ0n) is 18.1. The predicted molar refractivity (Wildman–Crippen MR) is 122 cm³/mol. The van der Waals surface area contributed by atoms with Crippen molar-refractivity contribution in [2.75, 3.05) is 33.0 Å². The molecule has 5 heterocycles. The number of benzene rings is 1. The Balaban J connectivity index is 1.19. The number of aliphatic imine (C=N–C) groups is 1. The highest BCUT2D eigenvalue weighted by Crippen LogP contribution is 2.35. The molecule has 4 aliphatic rings. The molecular formula is C25H25N3O5. The van der Waals surface area contributed by atoms with E-state index in [1.807, 2.05) is 17.0 Å². The van der Waals surface area contributed by atoms with Crippen LogP contribution in [-0.4, -0.2) is 66.3 Å². The number of rotatable bonds is 3. The smallest absolute Gasteiger partial charge is 0.257 e. The van der Waals surface area contributed by atoms with Crippen molar-refractivity contribution in [3.05, 3.63) is 65.4 Å². The van der Waals surface area contributed by atoms with E-state index in [1.165, 1.54) is 16.7 Å². The van der Waals surface area contributed by atoms with E-state index in [9.17, 15) is 5.11 Å². The number of hydrogen-bond acceptors (Lipinski definition) is 8. The van der Waals surface area contributed by atoms with Crippen LogP contribution in [0, 0.1) is 0 Å². The van der Waals surface area contributed by atoms with Gasteiger partial charge >= 0.3 is 0 Å². The van der Waals surface area contributed by atoms with Gasteiger partial charge in [0.2, 0.25) is 12.2 Å². The molecule has 2 atom stereocenters. The van der Waals surface area contributed by atoms with Gasteiger partial charge in [-0.1, -0.05) is 24.3 Å². The molecule has 8 nitrogen and oxygen atoms in total. The number of aliphatic hydroxyl groups excluding tert-OH is 1. The van der Waals surface area contributed by atoms with Crippen LogP contribution < -0.4 is 9.47 Å². The van der Waals surface area contributed by atoms with Crippen LogP contribution in [0.15, 0.2) is 53.7 Å². The number of fused-ring (bicyclic) bond motifs is 4. The first-order chi connectivity index (χ1) is 16.2. The Morgan fingerprint density at radius 2 is 2.18 bits per heavy atom. The normalized spacial score (nSPS) is 23.5. The maximum Gasteiger partial charge on any atom is 0.257 e. The van der Waals surface area contributed by atoms with Crippen LogP contribution in [0.2, 0.25) is 0 Å². The van der Waals surface area contributed by atoms with Crippen molar-refractivity contribution in [1.82, 2.24) is 9.88 Å². The Kier molecular flexibility index (Phi) is 5.24. The lowest BCUT2D eigenvalue weighted by Crippen LogP contribution is -2.41. The molecule has 0 saturated heterocycles. The second-order valence-corrected chi connectivity index (χ2v) is 8.38. The van der Waals surface area contributed by atoms with Crippen molar-refractivity contribution in [1.29, 1.82) is 0 Å². The standard InChI is InChI=1S/C25H25N3O5/c29-25-27-23(31-14-19-15-32-24-22(33-19)2-1-8-26-24)13-21-20-4-3-17(16-6-10-30-11-7-16)12-18(20)5-9-28(21)25/h1-4,6,8,12-13,19,25,29H,5,7,9-11,14-15H2. The van der Waals surface area contributed by atoms with Crippen molar-refractivity contribution in [2.24, 2.45) is 4.99 Å². The van der Waals surface area contributed by atoms with E-state index >= 15 is 0 Å². The Morgan fingerprint density at radius 3 is 3.09 bits per heavy atom. The summed E-state index contributed by atoms with van der Waals surface area (Å²) in [5.74, 6) is 1.48. The maximum atomic E-state index is 10.7. The van der Waals surface area contributed by atoms with Crippen LogP contribution in [-0.2, 0) is 15.9 Å². The number of nitrogens with zero attached hydrogens (tertiary/aromatic N) is 3. The third-order valence-corrected chi connectivity index (χ3v) is 6.28. The van der Waals surface area contributed by atoms with Gasteiger partial charge in [-0.15, -0.1) is 0 Å². The van der Waals surface area contributed by atoms with Crippen LogP contribution in [0.25, 0.3) is 11.3 Å². The Hall–Kier alpha value is -3.36. The second kappa shape index (κ2) is 8.53. The molecule has 1 aromatic carbocycles. The minimum absolute atomic E-state index is 0.256. The summed E-state index contributed by atoms with van der Waals surface area (Å²) < 4.78 is 22.9. The molecule has 0 aliphatic carbocycles. The van der Waals surface area contributed by atoms with Gasteiger partial charge in [0.1, 0.15) is 13.2 Å². The Labute approximate surface area is 191 Å². The molecule has 33 heavy (non-hydrogen) atoms. The van der Waals surface area contributed by atoms with Gasteiger partial charge in [-0.05, 0) is 41.7 Å². The molecule has 0 saturated carbocycles. The van der Waals surface area contributed by atoms with Crippen molar-refractivity contribution < 1.29 is 24.1 Å². The lowest BCUT2D eigenvalue weighted by Gasteiger charge is -2.37. The molecule has 0 radical (unpaired) electrons. The summed E-state index contributed by atoms with van der Waals surface area (Å²) in [5.41, 5.74) is 5.88. The van der Waals surface area contributed by atoms with Gasteiger partial charge in [0.15, 0.2) is 11.9 Å². The molecule has 1 N–H and O–H groups in total. The highest BCUT2D eigenvalue weighted by Gasteiger charge is 2.31. The summed E-state index contributed by atoms with van der Waals surface area (Å²) in [7, 11) is 0. The van der Waals surface area contributed by atoms with Gasteiger partial charge in [-0.25, -0.2) is 4.98 Å². The molecule has 170 valence electrons. The van der Waals surface area contributed by atoms with Crippen LogP contribution in [0.1, 0.15) is 23.1 Å². The Bertz CT molecular complexity index is 1160. The third kappa shape index (κ3) is 3.96. The van der Waals surface area contributed by atoms with Crippen LogP contribution in [0.3, 0.4) is 0 Å². The number of aliphatic hydroxyl groups is 1. The lowest BCUT2D eigenvalue weighted by molar-refractivity contribution is 0.0348. The molecule has 0 spiro atoms. The first-order valence-corrected chi connectivity index (χ1v) is 11.3. The van der Waals surface area contributed by atoms with Gasteiger partial charge in [0, 0.05) is 24.4 Å². The first-order valence-electron chi connectivity index (χ1n) is 11.3. The summed E-state index contributed by atoms with van der Waals surface area (Å²) in [5, 5.41) is 10.7. The number of aromatic nitrogens is 1. The van der Waals surface area contributed by atoms with E-state index in [1.54, 1.807) is 12.3 Å². The number of hydrogen-bond donors (Lipinski definition) is 1. The molecule has 1 aromatic heterocycles. The zero-order valence-corrected chi connectivity index (χ0v) is 18.1. The molecule has 4 aliphatic heterocycles. The van der Waals surface area contributed by atoms with Gasteiger partial charge in [0.05, 0.1) is 18.9 Å². The largest absolute Gasteiger partial charge is 0.478 e. The molecule has 2 aromatic rings. The van der Waals surface area contributed by atoms with Gasteiger partial charge < -0.3 is 29.0 Å². The van der Waals surface area contributed by atoms with Gasteiger partial charge in [-0.2, -0.15) is 4.99 Å². The summed E-state index contributed by atoms with van der Waals surface area (Å²) in [6.07, 6.45) is 6.26. The maximum absolute atomic E-state index is 10.7. The van der Waals surface area contributed by atoms with E-state index in [4.69, 9.17) is 18.9 Å². The average molecular weight is 447 g/mol. The van der Waals surface area contributed by atoms with E-state index in [0.717, 1.165) is 30.7 Å². The number of pyridine rings is 1. The quantitative estimate of drug-likeness (QED) is 0.774. The van der Waals surface area contributed by atoms with E-state index in [2.05, 4.69) is 34.3 Å². The summed E-state index contributed by atoms with van der Waals surface area (Å²) in [6.45, 7) is 2.74. The highest BCUT2D eigenvalue weighted by atomic mass is 16.6. The topological polar surface area (TPSA) is 85.6 Å². The van der Waals surface area contributed by atoms with Gasteiger partial charge in [0.25, 0.3) is 5.88 Å².